The molecule has 8 nitrogen and oxygen atoms in total. The van der Waals surface area contributed by atoms with Gasteiger partial charge in [0.15, 0.2) is 11.2 Å². The van der Waals surface area contributed by atoms with Gasteiger partial charge in [-0.15, -0.1) is 0 Å². The molecule has 0 saturated carbocycles. The Morgan fingerprint density at radius 3 is 2.73 bits per heavy atom. The van der Waals surface area contributed by atoms with Crippen LogP contribution in [0.15, 0.2) is 40.2 Å². The lowest BCUT2D eigenvalue weighted by molar-refractivity contribution is -0.131. The lowest BCUT2D eigenvalue weighted by Crippen LogP contribution is -2.39. The first-order valence-corrected chi connectivity index (χ1v) is 11.1. The van der Waals surface area contributed by atoms with Crippen molar-refractivity contribution in [2.24, 2.45) is 14.1 Å². The SMILES string of the molecule is Cn1c(=O)c2c(ncn2CC(=O)N2CCS[C@@H](c3ccccc3Cl)CC2)n(C)c1=O. The molecule has 0 unspecified atom stereocenters. The number of amides is 1. The van der Waals surface area contributed by atoms with Crippen LogP contribution in [-0.4, -0.2) is 48.3 Å². The fourth-order valence-corrected chi connectivity index (χ4v) is 5.37. The monoisotopic (exact) mass is 447 g/mol. The summed E-state index contributed by atoms with van der Waals surface area (Å²) in [6.45, 7) is 1.25. The summed E-state index contributed by atoms with van der Waals surface area (Å²) in [5.41, 5.74) is 0.735. The number of imidazole rings is 1. The zero-order valence-corrected chi connectivity index (χ0v) is 18.3. The lowest BCUT2D eigenvalue weighted by Gasteiger charge is -2.21. The summed E-state index contributed by atoms with van der Waals surface area (Å²) in [6.07, 6.45) is 2.25. The minimum atomic E-state index is -0.455. The van der Waals surface area contributed by atoms with E-state index in [1.807, 2.05) is 29.2 Å². The highest BCUT2D eigenvalue weighted by atomic mass is 35.5. The normalized spacial score (nSPS) is 17.3. The summed E-state index contributed by atoms with van der Waals surface area (Å²) in [6, 6.07) is 7.82. The van der Waals surface area contributed by atoms with Gasteiger partial charge in [-0.1, -0.05) is 29.8 Å². The summed E-state index contributed by atoms with van der Waals surface area (Å²) < 4.78 is 3.87. The van der Waals surface area contributed by atoms with Gasteiger partial charge in [-0.3, -0.25) is 18.7 Å². The fourth-order valence-electron chi connectivity index (χ4n) is 3.77. The van der Waals surface area contributed by atoms with E-state index in [1.165, 1.54) is 22.5 Å². The van der Waals surface area contributed by atoms with Crippen LogP contribution in [0.4, 0.5) is 0 Å². The molecule has 3 aromatic rings. The molecule has 1 saturated heterocycles. The van der Waals surface area contributed by atoms with Gasteiger partial charge in [0.05, 0.1) is 6.33 Å². The van der Waals surface area contributed by atoms with E-state index in [1.54, 1.807) is 18.8 Å². The van der Waals surface area contributed by atoms with Gasteiger partial charge in [0.1, 0.15) is 6.54 Å². The number of thioether (sulfide) groups is 1. The van der Waals surface area contributed by atoms with Crippen molar-refractivity contribution in [3.05, 3.63) is 62.0 Å². The zero-order valence-electron chi connectivity index (χ0n) is 16.7. The van der Waals surface area contributed by atoms with Gasteiger partial charge in [0, 0.05) is 43.2 Å². The van der Waals surface area contributed by atoms with Crippen LogP contribution in [0.25, 0.3) is 11.2 Å². The highest BCUT2D eigenvalue weighted by Crippen LogP contribution is 2.37. The van der Waals surface area contributed by atoms with Crippen LogP contribution in [0, 0.1) is 0 Å². The zero-order chi connectivity index (χ0) is 21.4. The predicted molar refractivity (Wildman–Crippen MR) is 118 cm³/mol. The number of carbonyl (C=O) groups excluding carboxylic acids is 1. The van der Waals surface area contributed by atoms with Gasteiger partial charge >= 0.3 is 5.69 Å². The predicted octanol–water partition coefficient (Wildman–Crippen LogP) is 1.79. The van der Waals surface area contributed by atoms with Crippen molar-refractivity contribution in [2.75, 3.05) is 18.8 Å². The second kappa shape index (κ2) is 8.31. The molecule has 0 bridgehead atoms. The summed E-state index contributed by atoms with van der Waals surface area (Å²) in [5, 5.41) is 0.994. The van der Waals surface area contributed by atoms with Gasteiger partial charge in [-0.25, -0.2) is 9.78 Å². The average molecular weight is 448 g/mol. The molecule has 0 aliphatic carbocycles. The molecule has 2 aromatic heterocycles. The van der Waals surface area contributed by atoms with Crippen molar-refractivity contribution in [1.82, 2.24) is 23.6 Å². The molecule has 158 valence electrons. The Morgan fingerprint density at radius 2 is 1.97 bits per heavy atom. The molecule has 30 heavy (non-hydrogen) atoms. The maximum atomic E-state index is 13.0. The molecule has 1 amide bonds. The Morgan fingerprint density at radius 1 is 1.20 bits per heavy atom. The van der Waals surface area contributed by atoms with Crippen molar-refractivity contribution in [2.45, 2.75) is 18.2 Å². The summed E-state index contributed by atoms with van der Waals surface area (Å²) in [5.74, 6) is 0.730. The molecule has 4 rings (SSSR count). The summed E-state index contributed by atoms with van der Waals surface area (Å²) in [4.78, 5) is 43.6. The van der Waals surface area contributed by atoms with Crippen LogP contribution in [0.2, 0.25) is 5.02 Å². The van der Waals surface area contributed by atoms with Gasteiger partial charge in [0.2, 0.25) is 5.91 Å². The highest BCUT2D eigenvalue weighted by Gasteiger charge is 2.24. The second-order valence-electron chi connectivity index (χ2n) is 7.30. The van der Waals surface area contributed by atoms with Crippen LogP contribution < -0.4 is 11.2 Å². The first-order valence-electron chi connectivity index (χ1n) is 9.63. The largest absolute Gasteiger partial charge is 0.340 e. The Labute approximate surface area is 182 Å². The number of benzene rings is 1. The molecule has 1 aromatic carbocycles. The molecule has 1 fully saturated rings. The molecule has 0 spiro atoms. The van der Waals surface area contributed by atoms with Crippen molar-refractivity contribution in [3.8, 4) is 0 Å². The van der Waals surface area contributed by atoms with E-state index in [0.717, 1.165) is 27.3 Å². The summed E-state index contributed by atoms with van der Waals surface area (Å²) in [7, 11) is 2.98. The number of halogens is 1. The molecule has 1 aliphatic rings. The average Bonchev–Trinajstić information content (AvgIpc) is 2.99. The second-order valence-corrected chi connectivity index (χ2v) is 9.02. The summed E-state index contributed by atoms with van der Waals surface area (Å²) >= 11 is 8.15. The third kappa shape index (κ3) is 3.67. The molecule has 0 radical (unpaired) electrons. The number of aryl methyl sites for hydroxylation is 1. The number of fused-ring (bicyclic) bond motifs is 1. The molecule has 0 N–H and O–H groups in total. The standard InChI is InChI=1S/C20H22ClN5O3S/c1-23-18-17(19(28)24(2)20(23)29)26(12-22-18)11-16(27)25-8-7-15(30-10-9-25)13-5-3-4-6-14(13)21/h3-6,12,15H,7-11H2,1-2H3/t15-/m1/s1. The van der Waals surface area contributed by atoms with Crippen molar-refractivity contribution < 1.29 is 4.79 Å². The number of hydrogen-bond acceptors (Lipinski definition) is 5. The fraction of sp³-hybridized carbons (Fsp3) is 0.400. The van der Waals surface area contributed by atoms with Crippen molar-refractivity contribution >= 4 is 40.4 Å². The molecular weight excluding hydrogens is 426 g/mol. The minimum absolute atomic E-state index is 0.00533. The number of nitrogens with zero attached hydrogens (tertiary/aromatic N) is 5. The number of rotatable bonds is 3. The van der Waals surface area contributed by atoms with Gasteiger partial charge < -0.3 is 9.47 Å². The molecule has 1 aliphatic heterocycles. The lowest BCUT2D eigenvalue weighted by atomic mass is 10.1. The van der Waals surface area contributed by atoms with E-state index in [4.69, 9.17) is 11.6 Å². The Kier molecular flexibility index (Phi) is 5.75. The maximum Gasteiger partial charge on any atom is 0.332 e. The van der Waals surface area contributed by atoms with Gasteiger partial charge in [0.25, 0.3) is 5.56 Å². The van der Waals surface area contributed by atoms with Crippen LogP contribution >= 0.6 is 23.4 Å². The highest BCUT2D eigenvalue weighted by molar-refractivity contribution is 7.99. The van der Waals surface area contributed by atoms with Crippen LogP contribution in [0.1, 0.15) is 17.2 Å². The van der Waals surface area contributed by atoms with Crippen molar-refractivity contribution in [3.63, 3.8) is 0 Å². The van der Waals surface area contributed by atoms with Crippen LogP contribution in [-0.2, 0) is 25.4 Å². The quantitative estimate of drug-likeness (QED) is 0.611. The van der Waals surface area contributed by atoms with E-state index < -0.39 is 11.2 Å². The van der Waals surface area contributed by atoms with E-state index >= 15 is 0 Å². The number of aromatic nitrogens is 4. The number of hydrogen-bond donors (Lipinski definition) is 0. The Hall–Kier alpha value is -2.52. The molecular formula is C20H22ClN5O3S. The third-order valence-corrected chi connectivity index (χ3v) is 7.12. The first-order chi connectivity index (χ1) is 14.4. The van der Waals surface area contributed by atoms with Crippen molar-refractivity contribution in [1.29, 1.82) is 0 Å². The first kappa shape index (κ1) is 20.7. The third-order valence-electron chi connectivity index (χ3n) is 5.47. The van der Waals surface area contributed by atoms with E-state index in [9.17, 15) is 14.4 Å². The smallest absolute Gasteiger partial charge is 0.332 e. The van der Waals surface area contributed by atoms with Crippen LogP contribution in [0.5, 0.6) is 0 Å². The Bertz CT molecular complexity index is 1230. The van der Waals surface area contributed by atoms with E-state index in [-0.39, 0.29) is 28.9 Å². The minimum Gasteiger partial charge on any atom is -0.340 e. The maximum absolute atomic E-state index is 13.0. The van der Waals surface area contributed by atoms with E-state index in [0.29, 0.717) is 13.1 Å². The van der Waals surface area contributed by atoms with E-state index in [2.05, 4.69) is 4.98 Å². The Balaban J connectivity index is 1.53. The topological polar surface area (TPSA) is 82.1 Å². The molecule has 10 heteroatoms. The molecule has 3 heterocycles. The van der Waals surface area contributed by atoms with Gasteiger partial charge in [-0.05, 0) is 18.1 Å². The van der Waals surface area contributed by atoms with Crippen LogP contribution in [0.3, 0.4) is 0 Å². The molecule has 1 atom stereocenters. The van der Waals surface area contributed by atoms with Gasteiger partial charge in [-0.2, -0.15) is 11.8 Å². The number of carbonyl (C=O) groups is 1.